The summed E-state index contributed by atoms with van der Waals surface area (Å²) in [5, 5.41) is 20.6. The highest BCUT2D eigenvalue weighted by atomic mass is 32.2. The number of nitrogens with zero attached hydrogens (tertiary/aromatic N) is 5. The summed E-state index contributed by atoms with van der Waals surface area (Å²) >= 11 is 2.55. The van der Waals surface area contributed by atoms with Gasteiger partial charge in [0.15, 0.2) is 10.1 Å². The number of hydrogen-bond donors (Lipinski definition) is 1. The Morgan fingerprint density at radius 1 is 1.09 bits per heavy atom. The average molecular weight is 658 g/mol. The number of pyridine rings is 1. The van der Waals surface area contributed by atoms with Crippen LogP contribution >= 0.6 is 23.1 Å². The Balaban J connectivity index is 1.42. The van der Waals surface area contributed by atoms with Crippen LogP contribution in [-0.2, 0) is 15.3 Å². The summed E-state index contributed by atoms with van der Waals surface area (Å²) in [7, 11) is 0. The zero-order valence-corrected chi connectivity index (χ0v) is 27.4. The van der Waals surface area contributed by atoms with E-state index in [0.29, 0.717) is 45.3 Å². The number of carbonyl (C=O) groups is 2. The minimum Gasteiger partial charge on any atom is -0.505 e. The smallest absolute Gasteiger partial charge is 0.301 e. The zero-order valence-electron chi connectivity index (χ0n) is 25.7. The van der Waals surface area contributed by atoms with Gasteiger partial charge in [-0.3, -0.25) is 14.5 Å². The minimum atomic E-state index is -1.01. The fourth-order valence-electron chi connectivity index (χ4n) is 5.29. The Morgan fingerprint density at radius 3 is 2.61 bits per heavy atom. The molecule has 9 nitrogen and oxygen atoms in total. The third kappa shape index (κ3) is 6.14. The third-order valence-corrected chi connectivity index (χ3v) is 9.89. The first-order valence-electron chi connectivity index (χ1n) is 14.8. The van der Waals surface area contributed by atoms with E-state index in [0.717, 1.165) is 28.9 Å². The maximum atomic E-state index is 13.8. The highest BCUT2D eigenvalue weighted by Gasteiger charge is 2.49. The van der Waals surface area contributed by atoms with Crippen LogP contribution in [-0.4, -0.2) is 43.0 Å². The van der Waals surface area contributed by atoms with Crippen molar-refractivity contribution < 1.29 is 23.8 Å². The molecule has 5 aromatic rings. The number of halogens is 1. The molecule has 1 unspecified atom stereocenters. The van der Waals surface area contributed by atoms with Crippen LogP contribution in [0.2, 0.25) is 0 Å². The molecule has 0 spiro atoms. The zero-order chi connectivity index (χ0) is 32.5. The number of Topliss-reactive ketones (excluding diaryl/α,β-unsaturated/α-hetero) is 1. The van der Waals surface area contributed by atoms with Crippen molar-refractivity contribution in [3.8, 4) is 5.75 Å². The maximum absolute atomic E-state index is 13.8. The van der Waals surface area contributed by atoms with E-state index < -0.39 is 17.7 Å². The van der Waals surface area contributed by atoms with Gasteiger partial charge in [0, 0.05) is 11.9 Å². The van der Waals surface area contributed by atoms with Gasteiger partial charge in [0.2, 0.25) is 5.13 Å². The predicted molar refractivity (Wildman–Crippen MR) is 177 cm³/mol. The van der Waals surface area contributed by atoms with E-state index >= 15 is 0 Å². The summed E-state index contributed by atoms with van der Waals surface area (Å²) in [6, 6.07) is 16.2. The van der Waals surface area contributed by atoms with E-state index in [2.05, 4.69) is 29.0 Å². The lowest BCUT2D eigenvalue weighted by Gasteiger charge is -2.23. The van der Waals surface area contributed by atoms with Crippen molar-refractivity contribution in [1.82, 2.24) is 19.6 Å². The number of imidazole rings is 1. The van der Waals surface area contributed by atoms with Crippen molar-refractivity contribution in [3.63, 3.8) is 0 Å². The van der Waals surface area contributed by atoms with Crippen LogP contribution in [0.3, 0.4) is 0 Å². The number of benzene rings is 2. The van der Waals surface area contributed by atoms with Gasteiger partial charge < -0.3 is 14.2 Å². The van der Waals surface area contributed by atoms with Crippen molar-refractivity contribution in [2.24, 2.45) is 5.92 Å². The first kappa shape index (κ1) is 31.4. The minimum absolute atomic E-state index is 0.0933. The number of aliphatic hydroxyl groups is 1. The summed E-state index contributed by atoms with van der Waals surface area (Å²) in [5.41, 5.74) is 3.75. The van der Waals surface area contributed by atoms with Gasteiger partial charge in [-0.2, -0.15) is 0 Å². The van der Waals surface area contributed by atoms with Crippen LogP contribution < -0.4 is 9.64 Å². The fraction of sp³-hybridized carbons (Fsp3) is 0.265. The van der Waals surface area contributed by atoms with Crippen LogP contribution in [0.5, 0.6) is 5.75 Å². The lowest BCUT2D eigenvalue weighted by atomic mass is 9.96. The molecule has 46 heavy (non-hydrogen) atoms. The van der Waals surface area contributed by atoms with Crippen molar-refractivity contribution >= 4 is 51.3 Å². The van der Waals surface area contributed by atoms with Crippen molar-refractivity contribution in [3.05, 3.63) is 106 Å². The molecule has 1 amide bonds. The SMILES string of the molecule is Cc1cccn2c(C)c(C(O)=C3C(=O)C(=O)N(c4nnc(SCc5ccc(F)cc5)s4)C3c3cccc(OCCC(C)C)c3)nc12. The van der Waals surface area contributed by atoms with Gasteiger partial charge >= 0.3 is 5.91 Å². The second-order valence-electron chi connectivity index (χ2n) is 11.5. The van der Waals surface area contributed by atoms with Gasteiger partial charge in [-0.1, -0.05) is 67.3 Å². The molecule has 1 fully saturated rings. The number of carbonyl (C=O) groups excluding carboxylic acids is 2. The molecule has 1 aliphatic heterocycles. The predicted octanol–water partition coefficient (Wildman–Crippen LogP) is 7.29. The van der Waals surface area contributed by atoms with Crippen LogP contribution in [0.1, 0.15) is 54.4 Å². The average Bonchev–Trinajstić information content (AvgIpc) is 3.71. The Bertz CT molecular complexity index is 1970. The van der Waals surface area contributed by atoms with E-state index in [1.807, 2.05) is 35.7 Å². The summed E-state index contributed by atoms with van der Waals surface area (Å²) < 4.78 is 21.8. The standard InChI is InChI=1S/C34H32FN5O4S2/c1-19(2)14-16-44-25-9-5-8-23(17-25)28-26(29(41)27-21(4)39-15-6-7-20(3)31(39)36-27)30(42)32(43)40(28)33-37-38-34(46-33)45-18-22-10-12-24(35)13-11-22/h5-13,15,17,19,28,41H,14,16,18H2,1-4H3. The number of ether oxygens (including phenoxy) is 1. The van der Waals surface area contributed by atoms with Crippen LogP contribution in [0.4, 0.5) is 9.52 Å². The molecule has 1 aliphatic rings. The molecule has 12 heteroatoms. The van der Waals surface area contributed by atoms with E-state index in [1.54, 1.807) is 37.3 Å². The molecule has 0 aliphatic carbocycles. The number of aliphatic hydroxyl groups excluding tert-OH is 1. The monoisotopic (exact) mass is 657 g/mol. The summed E-state index contributed by atoms with van der Waals surface area (Å²) in [6.45, 7) is 8.45. The first-order valence-corrected chi connectivity index (χ1v) is 16.6. The van der Waals surface area contributed by atoms with E-state index in [4.69, 9.17) is 4.74 Å². The lowest BCUT2D eigenvalue weighted by molar-refractivity contribution is -0.132. The van der Waals surface area contributed by atoms with Gasteiger partial charge in [-0.25, -0.2) is 9.37 Å². The molecule has 6 rings (SSSR count). The summed E-state index contributed by atoms with van der Waals surface area (Å²) in [5.74, 6) is -0.812. The normalized spacial score (nSPS) is 16.2. The molecular weight excluding hydrogens is 626 g/mol. The van der Waals surface area contributed by atoms with E-state index in [-0.39, 0.29) is 28.0 Å². The number of hydrogen-bond acceptors (Lipinski definition) is 9. The summed E-state index contributed by atoms with van der Waals surface area (Å²) in [6.07, 6.45) is 2.69. The fourth-order valence-corrected chi connectivity index (χ4v) is 7.11. The van der Waals surface area contributed by atoms with Gasteiger partial charge in [0.05, 0.1) is 23.9 Å². The molecule has 236 valence electrons. The molecule has 2 aromatic carbocycles. The largest absolute Gasteiger partial charge is 0.505 e. The van der Waals surface area contributed by atoms with E-state index in [9.17, 15) is 19.1 Å². The van der Waals surface area contributed by atoms with Gasteiger partial charge in [0.1, 0.15) is 22.9 Å². The second kappa shape index (κ2) is 13.1. The van der Waals surface area contributed by atoms with Crippen molar-refractivity contribution in [1.29, 1.82) is 0 Å². The highest BCUT2D eigenvalue weighted by molar-refractivity contribution is 8.00. The third-order valence-electron chi connectivity index (χ3n) is 7.77. The number of thioether (sulfide) groups is 1. The molecule has 3 aromatic heterocycles. The highest BCUT2D eigenvalue weighted by Crippen LogP contribution is 2.45. The number of aromatic nitrogens is 4. The van der Waals surface area contributed by atoms with Gasteiger partial charge in [0.25, 0.3) is 5.78 Å². The van der Waals surface area contributed by atoms with Crippen molar-refractivity contribution in [2.75, 3.05) is 11.5 Å². The molecule has 0 radical (unpaired) electrons. The number of rotatable bonds is 10. The van der Waals surface area contributed by atoms with Crippen LogP contribution in [0.25, 0.3) is 11.4 Å². The van der Waals surface area contributed by atoms with Crippen LogP contribution in [0, 0.1) is 25.6 Å². The number of ketones is 1. The number of amides is 1. The Kier molecular flexibility index (Phi) is 8.92. The molecule has 1 saturated heterocycles. The number of fused-ring (bicyclic) bond motifs is 1. The number of anilines is 1. The first-order chi connectivity index (χ1) is 22.1. The molecule has 4 heterocycles. The van der Waals surface area contributed by atoms with Crippen molar-refractivity contribution in [2.45, 2.75) is 50.3 Å². The Hall–Kier alpha value is -4.55. The molecule has 1 atom stereocenters. The van der Waals surface area contributed by atoms with E-state index in [1.165, 1.54) is 28.8 Å². The summed E-state index contributed by atoms with van der Waals surface area (Å²) in [4.78, 5) is 33.5. The van der Waals surface area contributed by atoms with Gasteiger partial charge in [-0.15, -0.1) is 10.2 Å². The quantitative estimate of drug-likeness (QED) is 0.0549. The molecule has 1 N–H and O–H groups in total. The second-order valence-corrected chi connectivity index (χ2v) is 13.6. The lowest BCUT2D eigenvalue weighted by Crippen LogP contribution is -2.29. The Labute approximate surface area is 273 Å². The molecule has 0 bridgehead atoms. The van der Waals surface area contributed by atoms with Crippen LogP contribution in [0.15, 0.2) is 76.8 Å². The van der Waals surface area contributed by atoms with Gasteiger partial charge in [-0.05, 0) is 73.2 Å². The Morgan fingerprint density at radius 2 is 1.87 bits per heavy atom. The maximum Gasteiger partial charge on any atom is 0.301 e. The molecular formula is C34H32FN5O4S2. The molecule has 0 saturated carbocycles. The topological polar surface area (TPSA) is 110 Å². The number of aryl methyl sites for hydroxylation is 2.